The maximum atomic E-state index is 12.9. The highest BCUT2D eigenvalue weighted by Gasteiger charge is 2.41. The highest BCUT2D eigenvalue weighted by Crippen LogP contribution is 2.30. The van der Waals surface area contributed by atoms with Gasteiger partial charge in [0.1, 0.15) is 11.4 Å². The molecule has 2 aliphatic rings. The molecule has 7 heteroatoms. The van der Waals surface area contributed by atoms with Crippen molar-refractivity contribution in [2.45, 2.75) is 43.7 Å². The van der Waals surface area contributed by atoms with Crippen molar-refractivity contribution in [3.05, 3.63) is 70.3 Å². The van der Waals surface area contributed by atoms with E-state index in [-0.39, 0.29) is 11.4 Å². The second-order valence-electron chi connectivity index (χ2n) is 9.49. The number of rotatable bonds is 8. The van der Waals surface area contributed by atoms with E-state index < -0.39 is 0 Å². The molecule has 1 saturated carbocycles. The first kappa shape index (κ1) is 23.6. The second-order valence-corrected chi connectivity index (χ2v) is 10.4. The van der Waals surface area contributed by atoms with E-state index in [2.05, 4.69) is 10.3 Å². The highest BCUT2D eigenvalue weighted by atomic mass is 35.5. The summed E-state index contributed by atoms with van der Waals surface area (Å²) in [5.74, 6) is 1.33. The van der Waals surface area contributed by atoms with Gasteiger partial charge in [0.05, 0.1) is 18.7 Å². The van der Waals surface area contributed by atoms with E-state index >= 15 is 0 Å². The van der Waals surface area contributed by atoms with Gasteiger partial charge in [-0.2, -0.15) is 0 Å². The van der Waals surface area contributed by atoms with Crippen LogP contribution in [0.5, 0.6) is 5.75 Å². The number of carbonyl (C=O) groups is 1. The predicted octanol–water partition coefficient (Wildman–Crippen LogP) is 6.11. The number of nitrogens with zero attached hydrogens (tertiary/aromatic N) is 1. The maximum Gasteiger partial charge on any atom is 0.181 e. The van der Waals surface area contributed by atoms with Crippen LogP contribution < -0.4 is 10.1 Å². The van der Waals surface area contributed by atoms with Crippen LogP contribution in [0, 0.1) is 5.92 Å². The number of Topliss-reactive ketones (excluding diaryl/α,β-unsaturated/α-hetero) is 1. The zero-order valence-electron chi connectivity index (χ0n) is 18.9. The standard InChI is InChI=1S/C27H28Cl2N2O3/c28-20-4-9-23(10-5-20)34-27(16-33-17-27)15-30-22-7-1-18(2-8-22)13-26(32)25-11-3-19-14-21(29)6-12-24(19)31-25/h3-6,9-12,14,18,22,30H,1-2,7-8,13,15-17H2. The lowest BCUT2D eigenvalue weighted by Crippen LogP contribution is -2.61. The number of halogens is 2. The Bertz CT molecular complexity index is 1160. The lowest BCUT2D eigenvalue weighted by molar-refractivity contribution is -0.159. The van der Waals surface area contributed by atoms with E-state index in [1.807, 2.05) is 48.5 Å². The average Bonchev–Trinajstić information content (AvgIpc) is 2.82. The number of ether oxygens (including phenoxy) is 2. The Morgan fingerprint density at radius 2 is 1.74 bits per heavy atom. The smallest absolute Gasteiger partial charge is 0.181 e. The van der Waals surface area contributed by atoms with Crippen LogP contribution in [-0.2, 0) is 4.74 Å². The average molecular weight is 499 g/mol. The maximum absolute atomic E-state index is 12.9. The molecule has 0 bridgehead atoms. The Labute approximate surface area is 209 Å². The van der Waals surface area contributed by atoms with Gasteiger partial charge >= 0.3 is 0 Å². The molecule has 1 saturated heterocycles. The summed E-state index contributed by atoms with van der Waals surface area (Å²) in [4.78, 5) is 17.4. The molecule has 34 heavy (non-hydrogen) atoms. The number of aromatic nitrogens is 1. The Hall–Kier alpha value is -2.18. The van der Waals surface area contributed by atoms with Gasteiger partial charge in [0.25, 0.3) is 0 Å². The summed E-state index contributed by atoms with van der Waals surface area (Å²) in [6.07, 6.45) is 4.73. The van der Waals surface area contributed by atoms with Crippen molar-refractivity contribution >= 4 is 39.9 Å². The Kier molecular flexibility index (Phi) is 7.07. The molecule has 1 aliphatic heterocycles. The van der Waals surface area contributed by atoms with Crippen LogP contribution >= 0.6 is 23.2 Å². The van der Waals surface area contributed by atoms with Crippen molar-refractivity contribution < 1.29 is 14.3 Å². The van der Waals surface area contributed by atoms with Gasteiger partial charge in [0.15, 0.2) is 11.4 Å². The summed E-state index contributed by atoms with van der Waals surface area (Å²) < 4.78 is 11.7. The fraction of sp³-hybridized carbons (Fsp3) is 0.407. The number of ketones is 1. The van der Waals surface area contributed by atoms with Crippen LogP contribution in [0.4, 0.5) is 0 Å². The lowest BCUT2D eigenvalue weighted by Gasteiger charge is -2.43. The predicted molar refractivity (Wildman–Crippen MR) is 135 cm³/mol. The second kappa shape index (κ2) is 10.2. The van der Waals surface area contributed by atoms with Gasteiger partial charge < -0.3 is 14.8 Å². The van der Waals surface area contributed by atoms with Crippen LogP contribution in [0.3, 0.4) is 0 Å². The monoisotopic (exact) mass is 498 g/mol. The van der Waals surface area contributed by atoms with Crippen LogP contribution in [0.1, 0.15) is 42.6 Å². The number of hydrogen-bond donors (Lipinski definition) is 1. The molecule has 2 heterocycles. The van der Waals surface area contributed by atoms with Gasteiger partial charge in [0.2, 0.25) is 0 Å². The van der Waals surface area contributed by atoms with E-state index in [1.54, 1.807) is 6.07 Å². The molecule has 0 amide bonds. The summed E-state index contributed by atoms with van der Waals surface area (Å²) in [6.45, 7) is 1.91. The summed E-state index contributed by atoms with van der Waals surface area (Å²) in [6, 6.07) is 17.2. The minimum Gasteiger partial charge on any atom is -0.481 e. The molecule has 1 N–H and O–H groups in total. The number of benzene rings is 2. The Balaban J connectivity index is 1.10. The highest BCUT2D eigenvalue weighted by molar-refractivity contribution is 6.31. The SMILES string of the molecule is O=C(CC1CCC(NCC2(Oc3ccc(Cl)cc3)COC2)CC1)c1ccc2cc(Cl)ccc2n1. The molecule has 5 rings (SSSR count). The van der Waals surface area contributed by atoms with Crippen molar-refractivity contribution in [3.8, 4) is 5.75 Å². The Morgan fingerprint density at radius 1 is 1.00 bits per heavy atom. The van der Waals surface area contributed by atoms with Gasteiger partial charge in [-0.05, 0) is 80.1 Å². The molecule has 0 atom stereocenters. The third-order valence-corrected chi connectivity index (χ3v) is 7.34. The van der Waals surface area contributed by atoms with Crippen molar-refractivity contribution in [3.63, 3.8) is 0 Å². The van der Waals surface area contributed by atoms with Gasteiger partial charge in [-0.1, -0.05) is 29.3 Å². The largest absolute Gasteiger partial charge is 0.481 e. The van der Waals surface area contributed by atoms with Gasteiger partial charge in [0, 0.05) is 34.4 Å². The van der Waals surface area contributed by atoms with Crippen molar-refractivity contribution in [2.75, 3.05) is 19.8 Å². The Morgan fingerprint density at radius 3 is 2.44 bits per heavy atom. The zero-order valence-corrected chi connectivity index (χ0v) is 20.4. The first-order chi connectivity index (χ1) is 16.5. The van der Waals surface area contributed by atoms with E-state index in [1.165, 1.54) is 0 Å². The van der Waals surface area contributed by atoms with Gasteiger partial charge in [-0.3, -0.25) is 4.79 Å². The lowest BCUT2D eigenvalue weighted by atomic mass is 9.82. The molecule has 2 aromatic carbocycles. The number of pyridine rings is 1. The summed E-state index contributed by atoms with van der Waals surface area (Å²) in [5.41, 5.74) is 1.02. The van der Waals surface area contributed by atoms with Crippen molar-refractivity contribution in [1.82, 2.24) is 10.3 Å². The molecule has 0 radical (unpaired) electrons. The molecule has 178 valence electrons. The molecule has 1 aromatic heterocycles. The van der Waals surface area contributed by atoms with Crippen LogP contribution in [0.2, 0.25) is 10.0 Å². The van der Waals surface area contributed by atoms with Crippen LogP contribution in [0.15, 0.2) is 54.6 Å². The third-order valence-electron chi connectivity index (χ3n) is 6.85. The first-order valence-electron chi connectivity index (χ1n) is 11.8. The van der Waals surface area contributed by atoms with Crippen LogP contribution in [0.25, 0.3) is 10.9 Å². The van der Waals surface area contributed by atoms with Crippen molar-refractivity contribution in [2.24, 2.45) is 5.92 Å². The van der Waals surface area contributed by atoms with E-state index in [9.17, 15) is 4.79 Å². The minimum atomic E-state index is -0.327. The van der Waals surface area contributed by atoms with E-state index in [0.717, 1.165) is 48.9 Å². The first-order valence-corrected chi connectivity index (χ1v) is 12.6. The summed E-state index contributed by atoms with van der Waals surface area (Å²) >= 11 is 12.0. The number of nitrogens with one attached hydrogen (secondary N) is 1. The van der Waals surface area contributed by atoms with Crippen LogP contribution in [-0.4, -0.2) is 42.2 Å². The van der Waals surface area contributed by atoms with Gasteiger partial charge in [-0.15, -0.1) is 0 Å². The fourth-order valence-corrected chi connectivity index (χ4v) is 5.11. The molecule has 0 unspecified atom stereocenters. The minimum absolute atomic E-state index is 0.121. The topological polar surface area (TPSA) is 60.5 Å². The summed E-state index contributed by atoms with van der Waals surface area (Å²) in [7, 11) is 0. The van der Waals surface area contributed by atoms with Crippen molar-refractivity contribution in [1.29, 1.82) is 0 Å². The number of fused-ring (bicyclic) bond motifs is 1. The molecule has 3 aromatic rings. The molecule has 1 aliphatic carbocycles. The van der Waals surface area contributed by atoms with E-state index in [4.69, 9.17) is 32.7 Å². The normalized spacial score (nSPS) is 21.7. The van der Waals surface area contributed by atoms with Gasteiger partial charge in [-0.25, -0.2) is 4.98 Å². The number of hydrogen-bond acceptors (Lipinski definition) is 5. The molecule has 0 spiro atoms. The fourth-order valence-electron chi connectivity index (χ4n) is 4.80. The third kappa shape index (κ3) is 5.55. The quantitative estimate of drug-likeness (QED) is 0.379. The molecular weight excluding hydrogens is 471 g/mol. The number of carbonyl (C=O) groups excluding carboxylic acids is 1. The molecule has 5 nitrogen and oxygen atoms in total. The molecular formula is C27H28Cl2N2O3. The molecule has 2 fully saturated rings. The summed E-state index contributed by atoms with van der Waals surface area (Å²) in [5, 5.41) is 6.00. The zero-order chi connectivity index (χ0) is 23.5. The van der Waals surface area contributed by atoms with E-state index in [0.29, 0.717) is 47.3 Å².